The van der Waals surface area contributed by atoms with Gasteiger partial charge in [-0.2, -0.15) is 0 Å². The topological polar surface area (TPSA) is 40.5 Å². The molecule has 0 aliphatic heterocycles. The van der Waals surface area contributed by atoms with Crippen molar-refractivity contribution in [2.24, 2.45) is 0 Å². The van der Waals surface area contributed by atoms with Gasteiger partial charge in [0.05, 0.1) is 0 Å². The summed E-state index contributed by atoms with van der Waals surface area (Å²) < 4.78 is 0. The van der Waals surface area contributed by atoms with Gasteiger partial charge in [-0.1, -0.05) is 84.9 Å². The summed E-state index contributed by atoms with van der Waals surface area (Å²) in [4.78, 5) is 0. The first kappa shape index (κ1) is 15.8. The lowest BCUT2D eigenvalue weighted by Crippen LogP contribution is -2.19. The van der Waals surface area contributed by atoms with E-state index in [0.717, 1.165) is 16.5 Å². The normalized spacial score (nSPS) is 18.9. The van der Waals surface area contributed by atoms with E-state index in [9.17, 15) is 10.2 Å². The van der Waals surface area contributed by atoms with Gasteiger partial charge in [-0.05, 0) is 54.2 Å². The second kappa shape index (κ2) is 5.65. The minimum atomic E-state index is -0.897. The van der Waals surface area contributed by atoms with Crippen LogP contribution in [0.15, 0.2) is 78.9 Å². The molecule has 28 heavy (non-hydrogen) atoms. The molecule has 2 atom stereocenters. The van der Waals surface area contributed by atoms with Crippen LogP contribution in [0.4, 0.5) is 0 Å². The van der Waals surface area contributed by atoms with Crippen molar-refractivity contribution in [2.45, 2.75) is 12.2 Å². The molecule has 2 heteroatoms. The van der Waals surface area contributed by atoms with Gasteiger partial charge >= 0.3 is 0 Å². The monoisotopic (exact) mass is 362 g/mol. The first-order valence-electron chi connectivity index (χ1n) is 9.57. The molecule has 0 fully saturated rings. The van der Waals surface area contributed by atoms with E-state index in [1.54, 1.807) is 6.08 Å². The van der Waals surface area contributed by atoms with Crippen molar-refractivity contribution in [1.29, 1.82) is 0 Å². The fourth-order valence-electron chi connectivity index (χ4n) is 4.78. The highest BCUT2D eigenvalue weighted by molar-refractivity contribution is 6.32. The number of fused-ring (bicyclic) bond motifs is 10. The third-order valence-corrected chi connectivity index (χ3v) is 6.07. The molecule has 134 valence electrons. The van der Waals surface area contributed by atoms with Crippen molar-refractivity contribution < 1.29 is 10.2 Å². The molecule has 6 rings (SSSR count). The van der Waals surface area contributed by atoms with Crippen LogP contribution in [0.2, 0.25) is 0 Å². The summed E-state index contributed by atoms with van der Waals surface area (Å²) in [5.74, 6) is 0. The highest BCUT2D eigenvalue weighted by atomic mass is 16.3. The summed E-state index contributed by atoms with van der Waals surface area (Å²) in [6.07, 6.45) is 1.89. The van der Waals surface area contributed by atoms with Crippen molar-refractivity contribution >= 4 is 49.2 Å². The quantitative estimate of drug-likeness (QED) is 0.346. The molecule has 2 N–H and O–H groups in total. The van der Waals surface area contributed by atoms with Gasteiger partial charge < -0.3 is 10.2 Å². The van der Waals surface area contributed by atoms with Crippen molar-refractivity contribution in [1.82, 2.24) is 0 Å². The first-order valence-corrected chi connectivity index (χ1v) is 9.57. The summed E-state index contributed by atoms with van der Waals surface area (Å²) in [6.45, 7) is 0. The van der Waals surface area contributed by atoms with Crippen LogP contribution >= 0.6 is 0 Å². The molecule has 0 radical (unpaired) electrons. The van der Waals surface area contributed by atoms with E-state index < -0.39 is 12.2 Å². The Morgan fingerprint density at radius 2 is 1.25 bits per heavy atom. The van der Waals surface area contributed by atoms with E-state index in [2.05, 4.69) is 66.7 Å². The molecule has 0 spiro atoms. The van der Waals surface area contributed by atoms with E-state index >= 15 is 0 Å². The van der Waals surface area contributed by atoms with Crippen molar-refractivity contribution in [2.75, 3.05) is 0 Å². The smallest absolute Gasteiger partial charge is 0.109 e. The Labute approximate surface area is 162 Å². The third-order valence-electron chi connectivity index (χ3n) is 6.07. The summed E-state index contributed by atoms with van der Waals surface area (Å²) >= 11 is 0. The molecule has 1 aliphatic rings. The predicted octanol–water partition coefficient (Wildman–Crippen LogP) is 5.72. The first-order chi connectivity index (χ1) is 13.7. The Balaban J connectivity index is 1.95. The van der Waals surface area contributed by atoms with Crippen LogP contribution in [0.1, 0.15) is 17.2 Å². The number of rotatable bonds is 0. The second-order valence-electron chi connectivity index (χ2n) is 7.54. The highest BCUT2D eigenvalue weighted by Gasteiger charge is 2.25. The van der Waals surface area contributed by atoms with Gasteiger partial charge in [-0.3, -0.25) is 0 Å². The SMILES string of the molecule is O[C@@H]1C=Cc2c(ccc3c4ccccc4c4c5ccccc5ccc4c23)[C@H]1O. The van der Waals surface area contributed by atoms with Gasteiger partial charge in [0, 0.05) is 0 Å². The molecule has 0 amide bonds. The van der Waals surface area contributed by atoms with Crippen LogP contribution in [0.5, 0.6) is 0 Å². The van der Waals surface area contributed by atoms with Gasteiger partial charge in [0.15, 0.2) is 0 Å². The van der Waals surface area contributed by atoms with Crippen LogP contribution in [-0.4, -0.2) is 16.3 Å². The fourth-order valence-corrected chi connectivity index (χ4v) is 4.78. The Morgan fingerprint density at radius 3 is 2.11 bits per heavy atom. The summed E-state index contributed by atoms with van der Waals surface area (Å²) in [5, 5.41) is 30.3. The Bertz CT molecular complexity index is 1450. The maximum absolute atomic E-state index is 10.5. The predicted molar refractivity (Wildman–Crippen MR) is 116 cm³/mol. The van der Waals surface area contributed by atoms with Gasteiger partial charge in [0.1, 0.15) is 12.2 Å². The van der Waals surface area contributed by atoms with Gasteiger partial charge in [0.25, 0.3) is 0 Å². The van der Waals surface area contributed by atoms with Crippen LogP contribution < -0.4 is 0 Å². The van der Waals surface area contributed by atoms with Crippen molar-refractivity contribution in [3.63, 3.8) is 0 Å². The maximum atomic E-state index is 10.5. The molecule has 1 aliphatic carbocycles. The largest absolute Gasteiger partial charge is 0.386 e. The van der Waals surface area contributed by atoms with E-state index in [1.807, 2.05) is 12.1 Å². The minimum Gasteiger partial charge on any atom is -0.386 e. The van der Waals surface area contributed by atoms with Crippen molar-refractivity contribution in [3.8, 4) is 0 Å². The molecule has 0 saturated heterocycles. The van der Waals surface area contributed by atoms with Gasteiger partial charge in [-0.25, -0.2) is 0 Å². The van der Waals surface area contributed by atoms with E-state index in [0.29, 0.717) is 0 Å². The molecule has 2 nitrogen and oxygen atoms in total. The Hall–Kier alpha value is -3.20. The maximum Gasteiger partial charge on any atom is 0.109 e. The van der Waals surface area contributed by atoms with Gasteiger partial charge in [-0.15, -0.1) is 0 Å². The molecule has 0 unspecified atom stereocenters. The van der Waals surface area contributed by atoms with Crippen molar-refractivity contribution in [3.05, 3.63) is 90.0 Å². The molecular weight excluding hydrogens is 344 g/mol. The van der Waals surface area contributed by atoms with E-state index in [1.165, 1.54) is 37.7 Å². The van der Waals surface area contributed by atoms with Crippen LogP contribution in [-0.2, 0) is 0 Å². The molecule has 0 bridgehead atoms. The molecule has 5 aromatic carbocycles. The second-order valence-corrected chi connectivity index (χ2v) is 7.54. The van der Waals surface area contributed by atoms with Crippen LogP contribution in [0, 0.1) is 0 Å². The number of aliphatic hydroxyl groups excluding tert-OH is 2. The number of benzene rings is 5. The molecule has 0 heterocycles. The molecule has 0 aromatic heterocycles. The number of hydrogen-bond donors (Lipinski definition) is 2. The lowest BCUT2D eigenvalue weighted by atomic mass is 9.84. The molecule has 0 saturated carbocycles. The summed E-state index contributed by atoms with van der Waals surface area (Å²) in [6, 6.07) is 25.4. The molecule has 5 aromatic rings. The van der Waals surface area contributed by atoms with Crippen LogP contribution in [0.25, 0.3) is 49.2 Å². The lowest BCUT2D eigenvalue weighted by Gasteiger charge is -2.24. The summed E-state index contributed by atoms with van der Waals surface area (Å²) in [7, 11) is 0. The van der Waals surface area contributed by atoms with E-state index in [-0.39, 0.29) is 0 Å². The van der Waals surface area contributed by atoms with Crippen LogP contribution in [0.3, 0.4) is 0 Å². The lowest BCUT2D eigenvalue weighted by molar-refractivity contribution is 0.0471. The fraction of sp³-hybridized carbons (Fsp3) is 0.0769. The standard InChI is InChI=1S/C26H18O2/c27-23-14-13-20-21(26(23)28)12-11-19-17-7-3-4-8-18(17)24-16-6-2-1-5-15(16)9-10-22(24)25(19)20/h1-14,23,26-28H/t23-,26-/m1/s1. The third kappa shape index (κ3) is 1.99. The van der Waals surface area contributed by atoms with E-state index in [4.69, 9.17) is 0 Å². The zero-order valence-electron chi connectivity index (χ0n) is 15.1. The number of aliphatic hydroxyl groups is 2. The Morgan fingerprint density at radius 1 is 0.571 bits per heavy atom. The summed E-state index contributed by atoms with van der Waals surface area (Å²) in [5.41, 5.74) is 1.79. The molecular formula is C26H18O2. The average Bonchev–Trinajstić information content (AvgIpc) is 2.75. The Kier molecular flexibility index (Phi) is 3.19. The number of hydrogen-bond acceptors (Lipinski definition) is 2. The zero-order chi connectivity index (χ0) is 18.8. The van der Waals surface area contributed by atoms with Gasteiger partial charge in [0.2, 0.25) is 0 Å². The highest BCUT2D eigenvalue weighted by Crippen LogP contribution is 2.43. The minimum absolute atomic E-state index is 0.784. The average molecular weight is 362 g/mol. The zero-order valence-corrected chi connectivity index (χ0v) is 15.1.